The molecule has 194 valence electrons. The van der Waals surface area contributed by atoms with Gasteiger partial charge in [0.1, 0.15) is 0 Å². The van der Waals surface area contributed by atoms with E-state index in [2.05, 4.69) is 69.5 Å². The van der Waals surface area contributed by atoms with E-state index in [0.717, 1.165) is 68.6 Å². The number of fused-ring (bicyclic) bond motifs is 2. The third-order valence-electron chi connectivity index (χ3n) is 7.12. The van der Waals surface area contributed by atoms with Crippen molar-refractivity contribution >= 4 is 34.9 Å². The topological polar surface area (TPSA) is 69.8 Å². The van der Waals surface area contributed by atoms with Gasteiger partial charge in [0.15, 0.2) is 0 Å². The lowest BCUT2D eigenvalue weighted by Crippen LogP contribution is -2.45. The molecule has 2 fully saturated rings. The second kappa shape index (κ2) is 11.1. The number of H-pyrrole nitrogens is 1. The normalized spacial score (nSPS) is 18.7. The molecule has 2 saturated heterocycles. The Bertz CT molecular complexity index is 1320. The van der Waals surface area contributed by atoms with Gasteiger partial charge in [-0.2, -0.15) is 0 Å². The van der Waals surface area contributed by atoms with Crippen molar-refractivity contribution in [3.05, 3.63) is 58.9 Å². The highest BCUT2D eigenvalue weighted by Gasteiger charge is 2.23. The van der Waals surface area contributed by atoms with Gasteiger partial charge in [0.25, 0.3) is 0 Å². The molecule has 3 aliphatic rings. The van der Waals surface area contributed by atoms with Crippen LogP contribution in [-0.2, 0) is 9.47 Å². The summed E-state index contributed by atoms with van der Waals surface area (Å²) in [5.74, 6) is 0. The maximum Gasteiger partial charge on any atom is 0.250 e. The van der Waals surface area contributed by atoms with Gasteiger partial charge in [-0.3, -0.25) is 9.69 Å². The monoisotopic (exact) mass is 536 g/mol. The Kier molecular flexibility index (Phi) is 7.48. The van der Waals surface area contributed by atoms with Gasteiger partial charge in [0.2, 0.25) is 5.56 Å². The summed E-state index contributed by atoms with van der Waals surface area (Å²) in [6.07, 6.45) is 0. The van der Waals surface area contributed by atoms with Crippen LogP contribution in [0.1, 0.15) is 6.92 Å². The van der Waals surface area contributed by atoms with Crippen molar-refractivity contribution in [2.24, 2.45) is 0 Å². The number of hydrogen-bond donors (Lipinski definition) is 2. The van der Waals surface area contributed by atoms with Crippen molar-refractivity contribution in [3.63, 3.8) is 0 Å². The first-order valence-corrected chi connectivity index (χ1v) is 14.5. The van der Waals surface area contributed by atoms with E-state index >= 15 is 0 Å². The van der Waals surface area contributed by atoms with Crippen LogP contribution in [0.15, 0.2) is 72.9 Å². The summed E-state index contributed by atoms with van der Waals surface area (Å²) in [5.41, 5.74) is 3.95. The standard InChI is InChI=1S/C28H32N4O3S2/c1-19(31-7-11-34-12-8-31)18-29-20-5-6-24-26(15-20)36-25-4-2-3-22(28(25)37-24)23-16-21(17-27(33)30-23)32-9-13-35-14-10-32/h2-6,15-17,19,29H,7-14,18H2,1H3,(H,30,33). The summed E-state index contributed by atoms with van der Waals surface area (Å²) < 4.78 is 11.0. The Morgan fingerprint density at radius 3 is 2.51 bits per heavy atom. The summed E-state index contributed by atoms with van der Waals surface area (Å²) in [5, 5.41) is 3.64. The molecule has 2 aromatic carbocycles. The largest absolute Gasteiger partial charge is 0.383 e. The van der Waals surface area contributed by atoms with Crippen molar-refractivity contribution < 1.29 is 9.47 Å². The lowest BCUT2D eigenvalue weighted by Gasteiger charge is -2.32. The van der Waals surface area contributed by atoms with Crippen LogP contribution in [0.5, 0.6) is 0 Å². The fourth-order valence-electron chi connectivity index (χ4n) is 5.01. The third-order valence-corrected chi connectivity index (χ3v) is 9.72. The molecule has 37 heavy (non-hydrogen) atoms. The van der Waals surface area contributed by atoms with E-state index < -0.39 is 0 Å². The highest BCUT2D eigenvalue weighted by molar-refractivity contribution is 8.05. The first-order chi connectivity index (χ1) is 18.1. The summed E-state index contributed by atoms with van der Waals surface area (Å²) >= 11 is 3.58. The van der Waals surface area contributed by atoms with Gasteiger partial charge in [-0.05, 0) is 37.3 Å². The molecule has 0 bridgehead atoms. The average Bonchev–Trinajstić information content (AvgIpc) is 2.95. The minimum atomic E-state index is -0.0764. The SMILES string of the molecule is CC(CNc1ccc2c(c1)Sc1cccc(-c3cc(N4CCOCC4)cc(=O)[nH]3)c1S2)N1CCOCC1. The second-order valence-corrected chi connectivity index (χ2v) is 11.7. The molecule has 1 unspecified atom stereocenters. The van der Waals surface area contributed by atoms with Crippen LogP contribution in [0.2, 0.25) is 0 Å². The maximum absolute atomic E-state index is 12.6. The minimum Gasteiger partial charge on any atom is -0.383 e. The molecule has 3 aromatic rings. The van der Waals surface area contributed by atoms with Crippen LogP contribution >= 0.6 is 23.5 Å². The molecular formula is C28H32N4O3S2. The Morgan fingerprint density at radius 2 is 1.70 bits per heavy atom. The van der Waals surface area contributed by atoms with Crippen molar-refractivity contribution in [2.45, 2.75) is 32.5 Å². The van der Waals surface area contributed by atoms with Gasteiger partial charge in [0, 0.05) is 81.4 Å². The number of morpholine rings is 2. The number of nitrogens with zero attached hydrogens (tertiary/aromatic N) is 2. The average molecular weight is 537 g/mol. The predicted molar refractivity (Wildman–Crippen MR) is 151 cm³/mol. The third kappa shape index (κ3) is 5.56. The fourth-order valence-corrected chi connectivity index (χ4v) is 7.43. The quantitative estimate of drug-likeness (QED) is 0.370. The first kappa shape index (κ1) is 24.9. The van der Waals surface area contributed by atoms with Gasteiger partial charge in [-0.15, -0.1) is 0 Å². The van der Waals surface area contributed by atoms with Crippen LogP contribution in [0.3, 0.4) is 0 Å². The zero-order chi connectivity index (χ0) is 25.2. The van der Waals surface area contributed by atoms with Crippen molar-refractivity contribution in [3.8, 4) is 11.3 Å². The maximum atomic E-state index is 12.6. The predicted octanol–water partition coefficient (Wildman–Crippen LogP) is 4.63. The molecule has 4 heterocycles. The van der Waals surface area contributed by atoms with E-state index in [-0.39, 0.29) is 5.56 Å². The van der Waals surface area contributed by atoms with Crippen molar-refractivity contribution in [1.29, 1.82) is 0 Å². The van der Waals surface area contributed by atoms with Gasteiger partial charge in [-0.25, -0.2) is 0 Å². The number of hydrogen-bond acceptors (Lipinski definition) is 8. The van der Waals surface area contributed by atoms with Crippen LogP contribution < -0.4 is 15.8 Å². The Labute approximate surface area is 225 Å². The number of nitrogens with one attached hydrogen (secondary N) is 2. The van der Waals surface area contributed by atoms with E-state index in [1.807, 2.05) is 0 Å². The van der Waals surface area contributed by atoms with Crippen molar-refractivity contribution in [1.82, 2.24) is 9.88 Å². The summed E-state index contributed by atoms with van der Waals surface area (Å²) in [6.45, 7) is 9.81. The molecule has 7 nitrogen and oxygen atoms in total. The zero-order valence-electron chi connectivity index (χ0n) is 21.0. The van der Waals surface area contributed by atoms with E-state index in [9.17, 15) is 4.79 Å². The van der Waals surface area contributed by atoms with Crippen LogP contribution in [0.25, 0.3) is 11.3 Å². The highest BCUT2D eigenvalue weighted by atomic mass is 32.2. The molecule has 1 aromatic heterocycles. The number of rotatable bonds is 6. The molecule has 9 heteroatoms. The molecule has 0 aliphatic carbocycles. The molecule has 6 rings (SSSR count). The van der Waals surface area contributed by atoms with Crippen molar-refractivity contribution in [2.75, 3.05) is 69.4 Å². The van der Waals surface area contributed by atoms with E-state index in [1.54, 1.807) is 29.6 Å². The molecular weight excluding hydrogens is 504 g/mol. The van der Waals surface area contributed by atoms with Gasteiger partial charge in [-0.1, -0.05) is 35.7 Å². The zero-order valence-corrected chi connectivity index (χ0v) is 22.6. The Morgan fingerprint density at radius 1 is 0.919 bits per heavy atom. The first-order valence-electron chi connectivity index (χ1n) is 12.9. The number of ether oxygens (including phenoxy) is 2. The molecule has 0 spiro atoms. The molecule has 3 aliphatic heterocycles. The highest BCUT2D eigenvalue weighted by Crippen LogP contribution is 2.52. The smallest absolute Gasteiger partial charge is 0.250 e. The fraction of sp³-hybridized carbons (Fsp3) is 0.393. The number of anilines is 2. The molecule has 0 saturated carbocycles. The second-order valence-electron chi connectivity index (χ2n) is 9.59. The van der Waals surface area contributed by atoms with Gasteiger partial charge >= 0.3 is 0 Å². The van der Waals surface area contributed by atoms with E-state index in [4.69, 9.17) is 9.47 Å². The summed E-state index contributed by atoms with van der Waals surface area (Å²) in [4.78, 5) is 25.3. The molecule has 2 N–H and O–H groups in total. The summed E-state index contributed by atoms with van der Waals surface area (Å²) in [6, 6.07) is 17.3. The minimum absolute atomic E-state index is 0.0764. The van der Waals surface area contributed by atoms with E-state index in [1.165, 1.54) is 19.6 Å². The van der Waals surface area contributed by atoms with Crippen LogP contribution in [0.4, 0.5) is 11.4 Å². The van der Waals surface area contributed by atoms with Gasteiger partial charge < -0.3 is 24.7 Å². The number of benzene rings is 2. The number of aromatic nitrogens is 1. The number of aromatic amines is 1. The van der Waals surface area contributed by atoms with Crippen LogP contribution in [0, 0.1) is 0 Å². The Balaban J connectivity index is 1.21. The lowest BCUT2D eigenvalue weighted by atomic mass is 10.1. The summed E-state index contributed by atoms with van der Waals surface area (Å²) in [7, 11) is 0. The Hall–Kier alpha value is -2.43. The van der Waals surface area contributed by atoms with Gasteiger partial charge in [0.05, 0.1) is 32.1 Å². The number of pyridine rings is 1. The lowest BCUT2D eigenvalue weighted by molar-refractivity contribution is 0.0227. The molecule has 0 radical (unpaired) electrons. The van der Waals surface area contributed by atoms with Crippen LogP contribution in [-0.4, -0.2) is 75.1 Å². The molecule has 0 amide bonds. The van der Waals surface area contributed by atoms with E-state index in [0.29, 0.717) is 19.3 Å². The molecule has 1 atom stereocenters.